The van der Waals surface area contributed by atoms with Crippen molar-refractivity contribution in [2.45, 2.75) is 29.5 Å². The molecule has 1 aliphatic rings. The Labute approximate surface area is 169 Å². The monoisotopic (exact) mass is 441 g/mol. The Morgan fingerprint density at radius 3 is 2.93 bits per heavy atom. The third-order valence-electron chi connectivity index (χ3n) is 4.39. The van der Waals surface area contributed by atoms with Crippen LogP contribution in [0.1, 0.15) is 19.3 Å². The molecule has 6 nitrogen and oxygen atoms in total. The van der Waals surface area contributed by atoms with Gasteiger partial charge in [0.05, 0.1) is 10.2 Å². The smallest absolute Gasteiger partial charge is 0.253 e. The lowest BCUT2D eigenvalue weighted by Crippen LogP contribution is -2.49. The van der Waals surface area contributed by atoms with E-state index in [1.165, 1.54) is 15.6 Å². The van der Waals surface area contributed by atoms with Crippen LogP contribution < -0.4 is 5.32 Å². The quantitative estimate of drug-likeness (QED) is 0.658. The minimum absolute atomic E-state index is 0.261. The zero-order valence-electron chi connectivity index (χ0n) is 14.1. The van der Waals surface area contributed by atoms with Crippen molar-refractivity contribution in [2.75, 3.05) is 11.9 Å². The molecule has 3 aromatic rings. The second kappa shape index (κ2) is 7.48. The number of carbonyl (C=O) groups excluding carboxylic acids is 1. The van der Waals surface area contributed by atoms with E-state index in [9.17, 15) is 13.2 Å². The number of anilines is 1. The third kappa shape index (κ3) is 3.74. The predicted octanol–water partition coefficient (Wildman–Crippen LogP) is 4.19. The van der Waals surface area contributed by atoms with Crippen LogP contribution >= 0.6 is 34.3 Å². The first-order valence-corrected chi connectivity index (χ1v) is 11.9. The summed E-state index contributed by atoms with van der Waals surface area (Å²) < 4.78 is 28.3. The number of piperidine rings is 1. The Bertz CT molecular complexity index is 1080. The number of sulfonamides is 1. The van der Waals surface area contributed by atoms with Gasteiger partial charge in [-0.25, -0.2) is 13.4 Å². The summed E-state index contributed by atoms with van der Waals surface area (Å²) in [6.07, 6.45) is 2.05. The lowest BCUT2D eigenvalue weighted by atomic mass is 10.0. The van der Waals surface area contributed by atoms with E-state index >= 15 is 0 Å². The summed E-state index contributed by atoms with van der Waals surface area (Å²) in [5.41, 5.74) is 0.742. The number of hydrogen-bond donors (Lipinski definition) is 1. The highest BCUT2D eigenvalue weighted by molar-refractivity contribution is 7.91. The Morgan fingerprint density at radius 2 is 2.15 bits per heavy atom. The number of halogens is 1. The number of nitrogens with zero attached hydrogens (tertiary/aromatic N) is 2. The summed E-state index contributed by atoms with van der Waals surface area (Å²) in [4.78, 5) is 17.3. The molecule has 1 amide bonds. The number of thiophene rings is 1. The largest absolute Gasteiger partial charge is 0.301 e. The molecule has 0 saturated carbocycles. The van der Waals surface area contributed by atoms with Crippen LogP contribution in [0.4, 0.5) is 5.13 Å². The zero-order valence-corrected chi connectivity index (χ0v) is 17.3. The highest BCUT2D eigenvalue weighted by Gasteiger charge is 2.38. The van der Waals surface area contributed by atoms with Crippen LogP contribution in [-0.4, -0.2) is 36.2 Å². The lowest BCUT2D eigenvalue weighted by molar-refractivity contribution is -0.120. The fourth-order valence-corrected chi connectivity index (χ4v) is 7.04. The summed E-state index contributed by atoms with van der Waals surface area (Å²) in [5.74, 6) is -0.347. The van der Waals surface area contributed by atoms with Gasteiger partial charge in [-0.15, -0.1) is 11.3 Å². The Balaban J connectivity index is 1.58. The molecule has 1 aromatic carbocycles. The number of benzene rings is 1. The Kier molecular flexibility index (Phi) is 5.21. The van der Waals surface area contributed by atoms with E-state index in [-0.39, 0.29) is 10.1 Å². The molecule has 10 heteroatoms. The predicted molar refractivity (Wildman–Crippen MR) is 109 cm³/mol. The van der Waals surface area contributed by atoms with Gasteiger partial charge in [0.25, 0.3) is 10.0 Å². The summed E-state index contributed by atoms with van der Waals surface area (Å²) in [6, 6.07) is 7.85. The van der Waals surface area contributed by atoms with Crippen LogP contribution in [0.3, 0.4) is 0 Å². The maximum atomic E-state index is 12.9. The maximum Gasteiger partial charge on any atom is 0.253 e. The molecule has 3 heterocycles. The third-order valence-corrected chi connectivity index (χ3v) is 8.84. The van der Waals surface area contributed by atoms with Gasteiger partial charge in [-0.3, -0.25) is 4.79 Å². The molecule has 1 aliphatic heterocycles. The van der Waals surface area contributed by atoms with Gasteiger partial charge in [0.1, 0.15) is 10.3 Å². The number of aromatic nitrogens is 1. The number of amides is 1. The van der Waals surface area contributed by atoms with Crippen LogP contribution in [0.2, 0.25) is 5.02 Å². The van der Waals surface area contributed by atoms with E-state index in [4.69, 9.17) is 11.6 Å². The fourth-order valence-electron chi connectivity index (χ4n) is 3.12. The summed E-state index contributed by atoms with van der Waals surface area (Å²) in [7, 11) is -3.68. The number of nitrogens with one attached hydrogen (secondary N) is 1. The SMILES string of the molecule is O=C(Nc1nc2ccc(Cl)cc2s1)C1CCCCN1S(=O)(=O)c1cccs1. The van der Waals surface area contributed by atoms with Crippen LogP contribution in [0, 0.1) is 0 Å². The van der Waals surface area contributed by atoms with Gasteiger partial charge in [-0.2, -0.15) is 4.31 Å². The number of hydrogen-bond acceptors (Lipinski definition) is 6. The van der Waals surface area contributed by atoms with Gasteiger partial charge < -0.3 is 5.32 Å². The van der Waals surface area contributed by atoms with Gasteiger partial charge >= 0.3 is 0 Å². The van der Waals surface area contributed by atoms with Gasteiger partial charge in [-0.1, -0.05) is 35.4 Å². The number of rotatable bonds is 4. The number of fused-ring (bicyclic) bond motifs is 1. The first kappa shape index (κ1) is 18.8. The van der Waals surface area contributed by atoms with Crippen molar-refractivity contribution in [2.24, 2.45) is 0 Å². The molecule has 142 valence electrons. The highest BCUT2D eigenvalue weighted by Crippen LogP contribution is 2.31. The molecule has 1 saturated heterocycles. The summed E-state index contributed by atoms with van der Waals surface area (Å²) in [5, 5.41) is 5.55. The minimum Gasteiger partial charge on any atom is -0.301 e. The molecule has 1 atom stereocenters. The highest BCUT2D eigenvalue weighted by atomic mass is 35.5. The molecule has 1 fully saturated rings. The van der Waals surface area contributed by atoms with Crippen LogP contribution in [0.15, 0.2) is 39.9 Å². The molecular weight excluding hydrogens is 426 g/mol. The second-order valence-electron chi connectivity index (χ2n) is 6.18. The van der Waals surface area contributed by atoms with E-state index in [0.717, 1.165) is 34.4 Å². The standard InChI is InChI=1S/C17H16ClN3O3S3/c18-11-6-7-12-14(10-11)26-17(19-12)20-16(22)13-4-1-2-8-21(13)27(23,24)15-5-3-9-25-15/h3,5-7,9-10,13H,1-2,4,8H2,(H,19,20,22). The van der Waals surface area contributed by atoms with E-state index < -0.39 is 16.1 Å². The van der Waals surface area contributed by atoms with Crippen molar-refractivity contribution in [3.63, 3.8) is 0 Å². The number of thiazole rings is 1. The van der Waals surface area contributed by atoms with Crippen molar-refractivity contribution >= 4 is 65.6 Å². The molecule has 1 N–H and O–H groups in total. The van der Waals surface area contributed by atoms with E-state index in [1.54, 1.807) is 35.7 Å². The van der Waals surface area contributed by atoms with Gasteiger partial charge in [0, 0.05) is 11.6 Å². The van der Waals surface area contributed by atoms with Crippen molar-refractivity contribution in [3.8, 4) is 0 Å². The average Bonchev–Trinajstić information content (AvgIpc) is 3.31. The minimum atomic E-state index is -3.68. The van der Waals surface area contributed by atoms with E-state index in [1.807, 2.05) is 0 Å². The molecular formula is C17H16ClN3O3S3. The van der Waals surface area contributed by atoms with Gasteiger partial charge in [0.15, 0.2) is 5.13 Å². The van der Waals surface area contributed by atoms with Crippen molar-refractivity contribution in [1.29, 1.82) is 0 Å². The lowest BCUT2D eigenvalue weighted by Gasteiger charge is -2.32. The van der Waals surface area contributed by atoms with Gasteiger partial charge in [0.2, 0.25) is 5.91 Å². The van der Waals surface area contributed by atoms with Gasteiger partial charge in [-0.05, 0) is 42.5 Å². The fraction of sp³-hybridized carbons (Fsp3) is 0.294. The average molecular weight is 442 g/mol. The second-order valence-corrected chi connectivity index (χ2v) is 10.7. The summed E-state index contributed by atoms with van der Waals surface area (Å²) >= 11 is 8.47. The van der Waals surface area contributed by atoms with Crippen molar-refractivity contribution < 1.29 is 13.2 Å². The molecule has 1 unspecified atom stereocenters. The molecule has 0 spiro atoms. The molecule has 27 heavy (non-hydrogen) atoms. The zero-order chi connectivity index (χ0) is 19.0. The van der Waals surface area contributed by atoms with Crippen LogP contribution in [0.5, 0.6) is 0 Å². The van der Waals surface area contributed by atoms with E-state index in [2.05, 4.69) is 10.3 Å². The molecule has 4 rings (SSSR count). The topological polar surface area (TPSA) is 79.4 Å². The first-order valence-electron chi connectivity index (χ1n) is 8.37. The van der Waals surface area contributed by atoms with Crippen LogP contribution in [0.25, 0.3) is 10.2 Å². The number of carbonyl (C=O) groups is 1. The normalized spacial score (nSPS) is 18.6. The van der Waals surface area contributed by atoms with E-state index in [0.29, 0.717) is 23.1 Å². The maximum absolute atomic E-state index is 12.9. The summed E-state index contributed by atoms with van der Waals surface area (Å²) in [6.45, 7) is 0.341. The van der Waals surface area contributed by atoms with Crippen molar-refractivity contribution in [3.05, 3.63) is 40.7 Å². The molecule has 0 aliphatic carbocycles. The Hall–Kier alpha value is -1.52. The van der Waals surface area contributed by atoms with Crippen LogP contribution in [-0.2, 0) is 14.8 Å². The first-order chi connectivity index (χ1) is 12.9. The molecule has 0 radical (unpaired) electrons. The molecule has 0 bridgehead atoms. The van der Waals surface area contributed by atoms with Crippen molar-refractivity contribution in [1.82, 2.24) is 9.29 Å². The Morgan fingerprint density at radius 1 is 1.30 bits per heavy atom. The molecule has 2 aromatic heterocycles.